The van der Waals surface area contributed by atoms with Crippen LogP contribution in [0, 0.1) is 0 Å². The number of nitrogens with zero attached hydrogens (tertiary/aromatic N) is 2. The molecule has 4 aromatic rings. The van der Waals surface area contributed by atoms with Gasteiger partial charge in [0.15, 0.2) is 0 Å². The van der Waals surface area contributed by atoms with Gasteiger partial charge in [-0.3, -0.25) is 4.79 Å². The molecule has 1 N–H and O–H groups in total. The van der Waals surface area contributed by atoms with Crippen molar-refractivity contribution >= 4 is 16.9 Å². The van der Waals surface area contributed by atoms with Crippen LogP contribution in [0.2, 0.25) is 0 Å². The Morgan fingerprint density at radius 1 is 0.595 bits per heavy atom. The molecule has 0 atom stereocenters. The van der Waals surface area contributed by atoms with Crippen molar-refractivity contribution in [3.05, 3.63) is 84.4 Å². The van der Waals surface area contributed by atoms with E-state index in [1.807, 2.05) is 54.6 Å². The molecule has 1 amide bonds. The number of rotatable bonds is 4. The molecule has 0 unspecified atom stereocenters. The van der Waals surface area contributed by atoms with Gasteiger partial charge < -0.3 is 5.32 Å². The van der Waals surface area contributed by atoms with Crippen molar-refractivity contribution in [3.63, 3.8) is 0 Å². The third kappa shape index (κ3) is 6.62. The predicted octanol–water partition coefficient (Wildman–Crippen LogP) is 8.37. The van der Waals surface area contributed by atoms with E-state index >= 15 is 0 Å². The molecule has 0 spiro atoms. The quantitative estimate of drug-likeness (QED) is 0.312. The second-order valence-electron chi connectivity index (χ2n) is 10.3. The van der Waals surface area contributed by atoms with E-state index in [-0.39, 0.29) is 11.9 Å². The number of carbonyl (C=O) groups is 1. The molecule has 0 aliphatic heterocycles. The van der Waals surface area contributed by atoms with E-state index in [4.69, 9.17) is 9.97 Å². The van der Waals surface area contributed by atoms with Gasteiger partial charge >= 0.3 is 0 Å². The molecular formula is C33H37N3O. The average Bonchev–Trinajstić information content (AvgIpc) is 2.94. The summed E-state index contributed by atoms with van der Waals surface area (Å²) in [6, 6.07) is 26.3. The van der Waals surface area contributed by atoms with Gasteiger partial charge in [-0.15, -0.1) is 0 Å². The molecule has 0 radical (unpaired) electrons. The Hall–Kier alpha value is -3.53. The number of hydrogen-bond acceptors (Lipinski definition) is 3. The molecule has 1 aliphatic rings. The minimum atomic E-state index is -0.00538. The standard InChI is InChI=1S/C33H37N3O/c37-33(34-28-20-14-6-4-2-1-3-5-7-15-21-28)27-22-23-29-30(24-27)36-32(26-18-12-9-13-19-26)31(35-29)25-16-10-8-11-17-25/h8-13,16-19,22-24,28H,1-7,14-15,20-21H2,(H,34,37). The van der Waals surface area contributed by atoms with Crippen LogP contribution in [-0.2, 0) is 0 Å². The number of amides is 1. The maximum absolute atomic E-state index is 13.3. The fraction of sp³-hybridized carbons (Fsp3) is 0.364. The predicted molar refractivity (Wildman–Crippen MR) is 152 cm³/mol. The fourth-order valence-electron chi connectivity index (χ4n) is 5.37. The summed E-state index contributed by atoms with van der Waals surface area (Å²) in [5.74, 6) is -0.00538. The smallest absolute Gasteiger partial charge is 0.251 e. The molecule has 1 aromatic heterocycles. The van der Waals surface area contributed by atoms with Gasteiger partial charge in [0.1, 0.15) is 0 Å². The number of benzene rings is 3. The fourth-order valence-corrected chi connectivity index (χ4v) is 5.37. The van der Waals surface area contributed by atoms with Crippen LogP contribution in [-0.4, -0.2) is 21.9 Å². The van der Waals surface area contributed by atoms with Crippen LogP contribution in [0.1, 0.15) is 81.0 Å². The number of fused-ring (bicyclic) bond motifs is 1. The summed E-state index contributed by atoms with van der Waals surface area (Å²) < 4.78 is 0. The van der Waals surface area contributed by atoms with Crippen LogP contribution in [0.3, 0.4) is 0 Å². The Labute approximate surface area is 220 Å². The summed E-state index contributed by atoms with van der Waals surface area (Å²) in [5.41, 5.74) is 5.91. The Morgan fingerprint density at radius 2 is 1.08 bits per heavy atom. The average molecular weight is 492 g/mol. The maximum atomic E-state index is 13.3. The first-order valence-electron chi connectivity index (χ1n) is 14.0. The second kappa shape index (κ2) is 12.6. The Kier molecular flexibility index (Phi) is 8.58. The molecular weight excluding hydrogens is 454 g/mol. The molecule has 0 bridgehead atoms. The van der Waals surface area contributed by atoms with E-state index in [1.165, 1.54) is 57.8 Å². The van der Waals surface area contributed by atoms with Crippen molar-refractivity contribution in [2.45, 2.75) is 76.7 Å². The van der Waals surface area contributed by atoms with Crippen molar-refractivity contribution in [2.24, 2.45) is 0 Å². The van der Waals surface area contributed by atoms with Gasteiger partial charge in [0, 0.05) is 22.7 Å². The topological polar surface area (TPSA) is 54.9 Å². The lowest BCUT2D eigenvalue weighted by Gasteiger charge is -2.20. The van der Waals surface area contributed by atoms with Crippen molar-refractivity contribution in [2.75, 3.05) is 0 Å². The molecule has 4 heteroatoms. The first kappa shape index (κ1) is 25.1. The van der Waals surface area contributed by atoms with E-state index in [0.717, 1.165) is 46.4 Å². The van der Waals surface area contributed by atoms with E-state index in [0.29, 0.717) is 5.56 Å². The Bertz CT molecular complexity index is 1290. The van der Waals surface area contributed by atoms with E-state index in [9.17, 15) is 4.79 Å². The van der Waals surface area contributed by atoms with Gasteiger partial charge in [-0.2, -0.15) is 0 Å². The third-order valence-electron chi connectivity index (χ3n) is 7.46. The van der Waals surface area contributed by atoms with Crippen LogP contribution in [0.25, 0.3) is 33.5 Å². The molecule has 1 aliphatic carbocycles. The molecule has 1 heterocycles. The van der Waals surface area contributed by atoms with E-state index in [2.05, 4.69) is 29.6 Å². The minimum Gasteiger partial charge on any atom is -0.349 e. The zero-order valence-electron chi connectivity index (χ0n) is 21.7. The van der Waals surface area contributed by atoms with E-state index < -0.39 is 0 Å². The highest BCUT2D eigenvalue weighted by molar-refractivity contribution is 5.98. The lowest BCUT2D eigenvalue weighted by Crippen LogP contribution is -2.35. The first-order chi connectivity index (χ1) is 18.3. The molecule has 1 saturated carbocycles. The van der Waals surface area contributed by atoms with Crippen molar-refractivity contribution in [1.29, 1.82) is 0 Å². The van der Waals surface area contributed by atoms with Crippen molar-refractivity contribution in [1.82, 2.24) is 15.3 Å². The number of nitrogens with one attached hydrogen (secondary N) is 1. The monoisotopic (exact) mass is 491 g/mol. The lowest BCUT2D eigenvalue weighted by molar-refractivity contribution is 0.0931. The summed E-state index contributed by atoms with van der Waals surface area (Å²) in [7, 11) is 0. The van der Waals surface area contributed by atoms with Crippen LogP contribution in [0.4, 0.5) is 0 Å². The summed E-state index contributed by atoms with van der Waals surface area (Å²) in [4.78, 5) is 23.4. The summed E-state index contributed by atoms with van der Waals surface area (Å²) in [6.07, 6.45) is 13.8. The number of carbonyl (C=O) groups excluding carboxylic acids is 1. The maximum Gasteiger partial charge on any atom is 0.251 e. The number of hydrogen-bond donors (Lipinski definition) is 1. The van der Waals surface area contributed by atoms with Crippen LogP contribution in [0.5, 0.6) is 0 Å². The molecule has 3 aromatic carbocycles. The highest BCUT2D eigenvalue weighted by Crippen LogP contribution is 2.31. The van der Waals surface area contributed by atoms with E-state index in [1.54, 1.807) is 0 Å². The molecule has 0 saturated heterocycles. The van der Waals surface area contributed by atoms with Gasteiger partial charge in [-0.25, -0.2) is 9.97 Å². The third-order valence-corrected chi connectivity index (χ3v) is 7.46. The largest absolute Gasteiger partial charge is 0.349 e. The van der Waals surface area contributed by atoms with Gasteiger partial charge in [-0.05, 0) is 31.0 Å². The lowest BCUT2D eigenvalue weighted by atomic mass is 9.97. The first-order valence-corrected chi connectivity index (χ1v) is 14.0. The van der Waals surface area contributed by atoms with Crippen molar-refractivity contribution < 1.29 is 4.79 Å². The second-order valence-corrected chi connectivity index (χ2v) is 10.3. The Morgan fingerprint density at radius 3 is 1.62 bits per heavy atom. The minimum absolute atomic E-state index is 0.00538. The zero-order chi connectivity index (χ0) is 25.3. The zero-order valence-corrected chi connectivity index (χ0v) is 21.7. The normalized spacial score (nSPS) is 16.0. The van der Waals surface area contributed by atoms with Crippen molar-refractivity contribution in [3.8, 4) is 22.5 Å². The van der Waals surface area contributed by atoms with Gasteiger partial charge in [-0.1, -0.05) is 118 Å². The molecule has 5 rings (SSSR count). The number of aromatic nitrogens is 2. The molecule has 1 fully saturated rings. The molecule has 4 nitrogen and oxygen atoms in total. The molecule has 37 heavy (non-hydrogen) atoms. The van der Waals surface area contributed by atoms with Gasteiger partial charge in [0.2, 0.25) is 0 Å². The summed E-state index contributed by atoms with van der Waals surface area (Å²) in [6.45, 7) is 0. The highest BCUT2D eigenvalue weighted by atomic mass is 16.1. The molecule has 190 valence electrons. The van der Waals surface area contributed by atoms with Crippen LogP contribution < -0.4 is 5.32 Å². The Balaban J connectivity index is 1.41. The van der Waals surface area contributed by atoms with Crippen LogP contribution >= 0.6 is 0 Å². The SMILES string of the molecule is O=C(NC1CCCCCCCCCCC1)c1ccc2nc(-c3ccccc3)c(-c3ccccc3)nc2c1. The summed E-state index contributed by atoms with van der Waals surface area (Å²) in [5, 5.41) is 3.35. The van der Waals surface area contributed by atoms with Crippen LogP contribution in [0.15, 0.2) is 78.9 Å². The highest BCUT2D eigenvalue weighted by Gasteiger charge is 2.17. The van der Waals surface area contributed by atoms with Gasteiger partial charge in [0.05, 0.1) is 22.4 Å². The van der Waals surface area contributed by atoms with Gasteiger partial charge in [0.25, 0.3) is 5.91 Å². The summed E-state index contributed by atoms with van der Waals surface area (Å²) >= 11 is 0.